The molecule has 0 radical (unpaired) electrons. The molecule has 31 heavy (non-hydrogen) atoms. The van der Waals surface area contributed by atoms with Crippen LogP contribution in [0.15, 0.2) is 78.1 Å². The van der Waals surface area contributed by atoms with Gasteiger partial charge < -0.3 is 10.6 Å². The SMILES string of the molecule is CNCCNc1cnc2ccc(-c3cncc(NS(O)(O)c4ccccc4)c3)cc2n1. The summed E-state index contributed by atoms with van der Waals surface area (Å²) in [5.74, 6) is 0.713. The standard InChI is InChI=1S/C22H24N6O2S/c1-23-9-10-25-22-15-26-20-8-7-16(12-21(20)27-22)17-11-18(14-24-13-17)28-31(29,30)19-5-3-2-4-6-19/h2-8,11-15,23,28-30H,9-10H2,1H3,(H,25,27). The third kappa shape index (κ3) is 5.09. The second-order valence-electron chi connectivity index (χ2n) is 6.92. The molecule has 0 saturated heterocycles. The van der Waals surface area contributed by atoms with Gasteiger partial charge in [0.05, 0.1) is 34.0 Å². The molecular formula is C22H24N6O2S. The molecule has 2 aromatic heterocycles. The van der Waals surface area contributed by atoms with Crippen molar-refractivity contribution < 1.29 is 9.11 Å². The number of fused-ring (bicyclic) bond motifs is 1. The summed E-state index contributed by atoms with van der Waals surface area (Å²) in [6, 6.07) is 16.3. The topological polar surface area (TPSA) is 115 Å². The van der Waals surface area contributed by atoms with Crippen molar-refractivity contribution in [1.82, 2.24) is 20.3 Å². The predicted octanol–water partition coefficient (Wildman–Crippen LogP) is 4.46. The number of anilines is 2. The van der Waals surface area contributed by atoms with Crippen LogP contribution in [0, 0.1) is 0 Å². The van der Waals surface area contributed by atoms with Crippen molar-refractivity contribution in [2.75, 3.05) is 30.2 Å². The van der Waals surface area contributed by atoms with Crippen LogP contribution in [-0.4, -0.2) is 44.2 Å². The first kappa shape index (κ1) is 21.0. The molecule has 0 bridgehead atoms. The van der Waals surface area contributed by atoms with Gasteiger partial charge in [-0.05, 0) is 42.9 Å². The van der Waals surface area contributed by atoms with Gasteiger partial charge in [0.2, 0.25) is 0 Å². The molecule has 0 aliphatic carbocycles. The summed E-state index contributed by atoms with van der Waals surface area (Å²) in [4.78, 5) is 13.8. The second kappa shape index (κ2) is 9.27. The van der Waals surface area contributed by atoms with Crippen LogP contribution in [0.1, 0.15) is 0 Å². The summed E-state index contributed by atoms with van der Waals surface area (Å²) < 4.78 is 23.9. The van der Waals surface area contributed by atoms with Gasteiger partial charge in [-0.2, -0.15) is 0 Å². The zero-order valence-electron chi connectivity index (χ0n) is 17.0. The lowest BCUT2D eigenvalue weighted by Crippen LogP contribution is -2.18. The van der Waals surface area contributed by atoms with E-state index in [2.05, 4.69) is 30.3 Å². The molecule has 0 atom stereocenters. The highest BCUT2D eigenvalue weighted by atomic mass is 32.3. The summed E-state index contributed by atoms with van der Waals surface area (Å²) in [6.07, 6.45) is 5.01. The quantitative estimate of drug-likeness (QED) is 0.257. The Balaban J connectivity index is 1.59. The van der Waals surface area contributed by atoms with E-state index in [0.717, 1.165) is 35.2 Å². The first-order valence-corrected chi connectivity index (χ1v) is 11.3. The molecular weight excluding hydrogens is 412 g/mol. The molecule has 0 aliphatic rings. The van der Waals surface area contributed by atoms with Gasteiger partial charge in [-0.15, -0.1) is 0 Å². The van der Waals surface area contributed by atoms with Gasteiger partial charge in [0.1, 0.15) is 5.82 Å². The molecule has 0 amide bonds. The summed E-state index contributed by atoms with van der Waals surface area (Å²) in [5, 5.41) is 6.32. The Morgan fingerprint density at radius 3 is 2.52 bits per heavy atom. The van der Waals surface area contributed by atoms with Crippen molar-refractivity contribution in [2.24, 2.45) is 0 Å². The Kier molecular flexibility index (Phi) is 6.28. The molecule has 8 nitrogen and oxygen atoms in total. The number of aromatic nitrogens is 3. The fourth-order valence-corrected chi connectivity index (χ4v) is 4.17. The molecule has 4 rings (SSSR count). The lowest BCUT2D eigenvalue weighted by molar-refractivity contribution is 0.494. The maximum atomic E-state index is 10.5. The van der Waals surface area contributed by atoms with E-state index in [4.69, 9.17) is 0 Å². The first-order chi connectivity index (χ1) is 15.0. The molecule has 2 aromatic carbocycles. The molecule has 0 unspecified atom stereocenters. The van der Waals surface area contributed by atoms with E-state index in [9.17, 15) is 9.11 Å². The maximum absolute atomic E-state index is 10.5. The largest absolute Gasteiger partial charge is 0.367 e. The van der Waals surface area contributed by atoms with E-state index in [1.165, 1.54) is 0 Å². The number of rotatable bonds is 8. The zero-order chi connectivity index (χ0) is 21.7. The Hall–Kier alpha value is -3.24. The highest BCUT2D eigenvalue weighted by Crippen LogP contribution is 2.47. The number of nitrogens with one attached hydrogen (secondary N) is 3. The van der Waals surface area contributed by atoms with Crippen LogP contribution in [0.5, 0.6) is 0 Å². The van der Waals surface area contributed by atoms with Gasteiger partial charge in [0.25, 0.3) is 0 Å². The van der Waals surface area contributed by atoms with Crippen molar-refractivity contribution in [3.63, 3.8) is 0 Å². The van der Waals surface area contributed by atoms with Gasteiger partial charge >= 0.3 is 0 Å². The van der Waals surface area contributed by atoms with Gasteiger partial charge in [-0.25, -0.2) is 4.98 Å². The monoisotopic (exact) mass is 436 g/mol. The molecule has 4 aromatic rings. The molecule has 2 heterocycles. The van der Waals surface area contributed by atoms with Gasteiger partial charge in [-0.1, -0.05) is 35.0 Å². The molecule has 0 fully saturated rings. The zero-order valence-corrected chi connectivity index (χ0v) is 17.8. The van der Waals surface area contributed by atoms with E-state index in [0.29, 0.717) is 16.4 Å². The Labute approximate surface area is 182 Å². The summed E-state index contributed by atoms with van der Waals surface area (Å²) >= 11 is 0. The van der Waals surface area contributed by atoms with Crippen LogP contribution in [0.3, 0.4) is 0 Å². The molecule has 9 heteroatoms. The average molecular weight is 437 g/mol. The highest BCUT2D eigenvalue weighted by Gasteiger charge is 2.15. The normalized spacial score (nSPS) is 12.0. The van der Waals surface area contributed by atoms with E-state index < -0.39 is 10.8 Å². The molecule has 5 N–H and O–H groups in total. The van der Waals surface area contributed by atoms with Crippen molar-refractivity contribution >= 4 is 33.3 Å². The van der Waals surface area contributed by atoms with Gasteiger partial charge in [-0.3, -0.25) is 23.8 Å². The lowest BCUT2D eigenvalue weighted by Gasteiger charge is -2.33. The Bertz CT molecular complexity index is 1170. The van der Waals surface area contributed by atoms with E-state index >= 15 is 0 Å². The smallest absolute Gasteiger partial charge is 0.145 e. The number of benzene rings is 2. The Morgan fingerprint density at radius 1 is 0.871 bits per heavy atom. The van der Waals surface area contributed by atoms with Crippen LogP contribution in [0.4, 0.5) is 11.5 Å². The minimum absolute atomic E-state index is 0.416. The van der Waals surface area contributed by atoms with Crippen molar-refractivity contribution in [3.05, 3.63) is 73.2 Å². The minimum Gasteiger partial charge on any atom is -0.367 e. The van der Waals surface area contributed by atoms with Gasteiger partial charge in [0.15, 0.2) is 0 Å². The predicted molar refractivity (Wildman–Crippen MR) is 126 cm³/mol. The summed E-state index contributed by atoms with van der Waals surface area (Å²) in [5.41, 5.74) is 3.80. The second-order valence-corrected chi connectivity index (χ2v) is 8.69. The van der Waals surface area contributed by atoms with E-state index in [-0.39, 0.29) is 0 Å². The number of pyridine rings is 1. The fraction of sp³-hybridized carbons (Fsp3) is 0.136. The Morgan fingerprint density at radius 2 is 1.71 bits per heavy atom. The average Bonchev–Trinajstić information content (AvgIpc) is 2.79. The number of hydrogen-bond acceptors (Lipinski definition) is 8. The first-order valence-electron chi connectivity index (χ1n) is 9.77. The summed E-state index contributed by atoms with van der Waals surface area (Å²) in [7, 11) is -1.29. The highest BCUT2D eigenvalue weighted by molar-refractivity contribution is 8.25. The number of likely N-dealkylation sites (N-methyl/N-ethyl adjacent to an activating group) is 1. The molecule has 0 spiro atoms. The van der Waals surface area contributed by atoms with Crippen LogP contribution < -0.4 is 15.4 Å². The summed E-state index contributed by atoms with van der Waals surface area (Å²) in [6.45, 7) is 1.58. The molecule has 160 valence electrons. The van der Waals surface area contributed by atoms with Crippen LogP contribution >= 0.6 is 10.8 Å². The van der Waals surface area contributed by atoms with Gasteiger partial charge in [0, 0.05) is 24.8 Å². The van der Waals surface area contributed by atoms with Crippen molar-refractivity contribution in [2.45, 2.75) is 4.90 Å². The lowest BCUT2D eigenvalue weighted by atomic mass is 10.1. The minimum atomic E-state index is -3.19. The molecule has 0 aliphatic heterocycles. The van der Waals surface area contributed by atoms with Crippen LogP contribution in [-0.2, 0) is 0 Å². The fourth-order valence-electron chi connectivity index (χ4n) is 3.08. The van der Waals surface area contributed by atoms with Crippen molar-refractivity contribution in [3.8, 4) is 11.1 Å². The number of hydrogen-bond donors (Lipinski definition) is 5. The van der Waals surface area contributed by atoms with Crippen molar-refractivity contribution in [1.29, 1.82) is 0 Å². The van der Waals surface area contributed by atoms with Crippen LogP contribution in [0.2, 0.25) is 0 Å². The molecule has 0 saturated carbocycles. The van der Waals surface area contributed by atoms with E-state index in [1.807, 2.05) is 37.4 Å². The maximum Gasteiger partial charge on any atom is 0.145 e. The third-order valence-corrected chi connectivity index (χ3v) is 6.08. The number of nitrogens with zero attached hydrogens (tertiary/aromatic N) is 3. The third-order valence-electron chi connectivity index (χ3n) is 4.63. The van der Waals surface area contributed by atoms with Crippen LogP contribution in [0.25, 0.3) is 22.2 Å². The van der Waals surface area contributed by atoms with E-state index in [1.54, 1.807) is 42.9 Å².